The summed E-state index contributed by atoms with van der Waals surface area (Å²) in [6.45, 7) is 13.9. The van der Waals surface area contributed by atoms with E-state index >= 15 is 0 Å². The van der Waals surface area contributed by atoms with Crippen LogP contribution in [0, 0.1) is 0 Å². The van der Waals surface area contributed by atoms with Crippen LogP contribution in [0.2, 0.25) is 0 Å². The Morgan fingerprint density at radius 2 is 0.712 bits per heavy atom. The first-order valence-corrected chi connectivity index (χ1v) is 26.4. The summed E-state index contributed by atoms with van der Waals surface area (Å²) in [5.74, 6) is 0.00617. The maximum absolute atomic E-state index is 12.8. The van der Waals surface area contributed by atoms with Gasteiger partial charge in [-0.15, -0.1) is 0 Å². The summed E-state index contributed by atoms with van der Waals surface area (Å²) in [6.07, 6.45) is 44.4. The van der Waals surface area contributed by atoms with Gasteiger partial charge < -0.3 is 24.8 Å². The van der Waals surface area contributed by atoms with Crippen molar-refractivity contribution in [1.82, 2.24) is 10.2 Å². The molecule has 0 rings (SSSR count). The van der Waals surface area contributed by atoms with Gasteiger partial charge in [-0.05, 0) is 116 Å². The fourth-order valence-electron chi connectivity index (χ4n) is 8.29. The van der Waals surface area contributed by atoms with Gasteiger partial charge in [-0.25, -0.2) is 0 Å². The Hall–Kier alpha value is -1.18. The number of rotatable bonds is 49. The number of unbranched alkanes of at least 4 members (excludes halogenated alkanes) is 25. The lowest BCUT2D eigenvalue weighted by Gasteiger charge is -2.21. The molecule has 7 nitrogen and oxygen atoms in total. The molecule has 0 unspecified atom stereocenters. The Bertz CT molecular complexity index is 825. The van der Waals surface area contributed by atoms with Crippen molar-refractivity contribution in [2.45, 2.75) is 284 Å². The molecule has 59 heavy (non-hydrogen) atoms. The highest BCUT2D eigenvalue weighted by Gasteiger charge is 2.16. The number of nitrogens with one attached hydrogen (secondary N) is 1. The molecule has 0 radical (unpaired) electrons. The second-order valence-corrected chi connectivity index (χ2v) is 18.1. The first-order valence-electron chi connectivity index (χ1n) is 26.4. The molecule has 352 valence electrons. The van der Waals surface area contributed by atoms with Crippen molar-refractivity contribution < 1.29 is 24.2 Å². The van der Waals surface area contributed by atoms with Crippen LogP contribution in [0.15, 0.2) is 0 Å². The lowest BCUT2D eigenvalue weighted by Crippen LogP contribution is -2.29. The predicted octanol–water partition coefficient (Wildman–Crippen LogP) is 14.6. The van der Waals surface area contributed by atoms with Gasteiger partial charge in [0.1, 0.15) is 12.2 Å². The SMILES string of the molecule is CCCCCCCCC(CCCCCCCC)OC(=O)CCCCCNCCCCN(CCO)CCCCCC(=O)OC(CCCCCCCC)CCCCCCCC. The standard InChI is InChI=1S/C52H104N2O5/c1-5-9-13-17-21-27-37-49(38-28-22-18-14-10-6-2)58-51(56)41-31-25-33-43-53-44-34-36-46-54(47-48-55)45-35-26-32-42-52(57)59-50(39-29-23-19-15-11-7-3)40-30-24-20-16-12-8-4/h49-50,53,55H,5-48H2,1-4H3. The molecule has 2 N–H and O–H groups in total. The third-order valence-electron chi connectivity index (χ3n) is 12.2. The van der Waals surface area contributed by atoms with Crippen LogP contribution in [-0.2, 0) is 19.1 Å². The van der Waals surface area contributed by atoms with Crippen LogP contribution in [-0.4, -0.2) is 73.5 Å². The minimum Gasteiger partial charge on any atom is -0.462 e. The summed E-state index contributed by atoms with van der Waals surface area (Å²) in [6, 6.07) is 0. The highest BCUT2D eigenvalue weighted by atomic mass is 16.5. The first-order chi connectivity index (χ1) is 29.0. The molecule has 7 heteroatoms. The minimum atomic E-state index is -0.00417. The predicted molar refractivity (Wildman–Crippen MR) is 254 cm³/mol. The second kappa shape index (κ2) is 47.9. The lowest BCUT2D eigenvalue weighted by molar-refractivity contribution is -0.151. The average Bonchev–Trinajstić information content (AvgIpc) is 3.23. The zero-order chi connectivity index (χ0) is 43.1. The Morgan fingerprint density at radius 3 is 1.08 bits per heavy atom. The van der Waals surface area contributed by atoms with E-state index in [0.717, 1.165) is 110 Å². The van der Waals surface area contributed by atoms with Gasteiger partial charge in [0.15, 0.2) is 0 Å². The van der Waals surface area contributed by atoms with Crippen molar-refractivity contribution in [3.63, 3.8) is 0 Å². The molecule has 0 aliphatic carbocycles. The van der Waals surface area contributed by atoms with Crippen LogP contribution >= 0.6 is 0 Å². The number of aliphatic hydroxyl groups excluding tert-OH is 1. The summed E-state index contributed by atoms with van der Waals surface area (Å²) in [7, 11) is 0. The maximum atomic E-state index is 12.8. The minimum absolute atomic E-state index is 0.00417. The maximum Gasteiger partial charge on any atom is 0.306 e. The number of hydrogen-bond donors (Lipinski definition) is 2. The Labute approximate surface area is 368 Å². The molecular weight excluding hydrogens is 733 g/mol. The molecule has 0 heterocycles. The van der Waals surface area contributed by atoms with E-state index in [4.69, 9.17) is 9.47 Å². The van der Waals surface area contributed by atoms with Crippen LogP contribution in [0.25, 0.3) is 0 Å². The molecule has 0 saturated carbocycles. The number of hydrogen-bond acceptors (Lipinski definition) is 7. The number of carbonyl (C=O) groups is 2. The van der Waals surface area contributed by atoms with E-state index in [1.807, 2.05) is 0 Å². The molecule has 0 bridgehead atoms. The molecule has 0 saturated heterocycles. The van der Waals surface area contributed by atoms with E-state index in [1.54, 1.807) is 0 Å². The molecule has 0 aromatic heterocycles. The number of carbonyl (C=O) groups excluding carboxylic acids is 2. The summed E-state index contributed by atoms with van der Waals surface area (Å²) in [5.41, 5.74) is 0. The lowest BCUT2D eigenvalue weighted by atomic mass is 10.0. The topological polar surface area (TPSA) is 88.1 Å². The number of esters is 2. The van der Waals surface area contributed by atoms with Crippen LogP contribution < -0.4 is 5.32 Å². The van der Waals surface area contributed by atoms with E-state index in [-0.39, 0.29) is 30.8 Å². The van der Waals surface area contributed by atoms with Crippen molar-refractivity contribution >= 4 is 11.9 Å². The smallest absolute Gasteiger partial charge is 0.306 e. The Balaban J connectivity index is 4.17. The number of ether oxygens (including phenoxy) is 2. The van der Waals surface area contributed by atoms with E-state index in [1.165, 1.54) is 154 Å². The van der Waals surface area contributed by atoms with E-state index in [0.29, 0.717) is 12.8 Å². The quantitative estimate of drug-likeness (QED) is 0.0466. The van der Waals surface area contributed by atoms with Gasteiger partial charge in [-0.3, -0.25) is 9.59 Å². The van der Waals surface area contributed by atoms with Gasteiger partial charge in [0.2, 0.25) is 0 Å². The van der Waals surface area contributed by atoms with Crippen LogP contribution in [0.1, 0.15) is 272 Å². The van der Waals surface area contributed by atoms with Gasteiger partial charge >= 0.3 is 11.9 Å². The molecule has 0 fully saturated rings. The van der Waals surface area contributed by atoms with Gasteiger partial charge in [-0.2, -0.15) is 0 Å². The average molecular weight is 837 g/mol. The zero-order valence-corrected chi connectivity index (χ0v) is 40.3. The highest BCUT2D eigenvalue weighted by Crippen LogP contribution is 2.20. The fraction of sp³-hybridized carbons (Fsp3) is 0.962. The summed E-state index contributed by atoms with van der Waals surface area (Å²) < 4.78 is 12.1. The second-order valence-electron chi connectivity index (χ2n) is 18.1. The molecule has 0 aliphatic heterocycles. The Morgan fingerprint density at radius 1 is 0.407 bits per heavy atom. The molecule has 0 spiro atoms. The van der Waals surface area contributed by atoms with Gasteiger partial charge in [-0.1, -0.05) is 169 Å². The van der Waals surface area contributed by atoms with Crippen molar-refractivity contribution in [1.29, 1.82) is 0 Å². The van der Waals surface area contributed by atoms with E-state index < -0.39 is 0 Å². The van der Waals surface area contributed by atoms with Gasteiger partial charge in [0, 0.05) is 19.4 Å². The van der Waals surface area contributed by atoms with E-state index in [9.17, 15) is 14.7 Å². The fourth-order valence-corrected chi connectivity index (χ4v) is 8.29. The van der Waals surface area contributed by atoms with Crippen LogP contribution in [0.3, 0.4) is 0 Å². The van der Waals surface area contributed by atoms with E-state index in [2.05, 4.69) is 37.9 Å². The van der Waals surface area contributed by atoms with Crippen molar-refractivity contribution in [3.8, 4) is 0 Å². The third-order valence-corrected chi connectivity index (χ3v) is 12.2. The van der Waals surface area contributed by atoms with Crippen molar-refractivity contribution in [2.75, 3.05) is 39.3 Å². The highest BCUT2D eigenvalue weighted by molar-refractivity contribution is 5.69. The van der Waals surface area contributed by atoms with Crippen LogP contribution in [0.5, 0.6) is 0 Å². The largest absolute Gasteiger partial charge is 0.462 e. The van der Waals surface area contributed by atoms with Crippen LogP contribution in [0.4, 0.5) is 0 Å². The molecule has 0 aromatic carbocycles. The van der Waals surface area contributed by atoms with Crippen molar-refractivity contribution in [2.24, 2.45) is 0 Å². The van der Waals surface area contributed by atoms with Crippen molar-refractivity contribution in [3.05, 3.63) is 0 Å². The van der Waals surface area contributed by atoms with Gasteiger partial charge in [0.25, 0.3) is 0 Å². The molecular formula is C52H104N2O5. The molecule has 0 atom stereocenters. The first kappa shape index (κ1) is 57.8. The zero-order valence-electron chi connectivity index (χ0n) is 40.3. The third kappa shape index (κ3) is 43.3. The normalized spacial score (nSPS) is 11.7. The summed E-state index contributed by atoms with van der Waals surface area (Å²) in [5, 5.41) is 13.2. The molecule has 0 amide bonds. The number of nitrogens with zero attached hydrogens (tertiary/aromatic N) is 1. The summed E-state index contributed by atoms with van der Waals surface area (Å²) in [4.78, 5) is 27.9. The monoisotopic (exact) mass is 837 g/mol. The number of aliphatic hydroxyl groups is 1. The molecule has 0 aromatic rings. The molecule has 0 aliphatic rings. The summed E-state index contributed by atoms with van der Waals surface area (Å²) >= 11 is 0. The van der Waals surface area contributed by atoms with Gasteiger partial charge in [0.05, 0.1) is 6.61 Å². The Kier molecular flexibility index (Phi) is 46.9.